The maximum Gasteiger partial charge on any atom is 0.255 e. The maximum atomic E-state index is 13.6. The molecule has 1 heterocycles. The van der Waals surface area contributed by atoms with Crippen molar-refractivity contribution in [3.63, 3.8) is 0 Å². The number of nitrogens with one attached hydrogen (secondary N) is 1. The van der Waals surface area contributed by atoms with Crippen LogP contribution in [0.1, 0.15) is 26.9 Å². The van der Waals surface area contributed by atoms with Crippen LogP contribution in [0.5, 0.6) is 0 Å². The summed E-state index contributed by atoms with van der Waals surface area (Å²) in [5, 5.41) is 2.29. The fourth-order valence-corrected chi connectivity index (χ4v) is 5.17. The Hall–Kier alpha value is -1.53. The van der Waals surface area contributed by atoms with Crippen molar-refractivity contribution in [1.29, 1.82) is 0 Å². The summed E-state index contributed by atoms with van der Waals surface area (Å²) < 4.78 is 27.5. The van der Waals surface area contributed by atoms with Crippen molar-refractivity contribution < 1.29 is 13.6 Å². The fourth-order valence-electron chi connectivity index (χ4n) is 2.27. The molecule has 6 heteroatoms. The number of carbonyl (C=O) groups is 1. The zero-order valence-electron chi connectivity index (χ0n) is 12.2. The quantitative estimate of drug-likeness (QED) is 0.835. The molecule has 1 fully saturated rings. The van der Waals surface area contributed by atoms with Gasteiger partial charge in [0.15, 0.2) is 0 Å². The Morgan fingerprint density at radius 3 is 2.22 bits per heavy atom. The van der Waals surface area contributed by atoms with E-state index in [0.717, 1.165) is 29.2 Å². The van der Waals surface area contributed by atoms with Gasteiger partial charge in [0, 0.05) is 5.56 Å². The van der Waals surface area contributed by atoms with Crippen molar-refractivity contribution in [3.8, 4) is 0 Å². The Morgan fingerprint density at radius 2 is 1.61 bits per heavy atom. The van der Waals surface area contributed by atoms with Crippen LogP contribution in [0.15, 0.2) is 42.5 Å². The third kappa shape index (κ3) is 3.87. The molecule has 2 aromatic rings. The Bertz CT molecular complexity index is 680. The van der Waals surface area contributed by atoms with Gasteiger partial charge in [0.2, 0.25) is 0 Å². The average molecular weight is 351 g/mol. The van der Waals surface area contributed by atoms with Gasteiger partial charge in [-0.1, -0.05) is 18.2 Å². The van der Waals surface area contributed by atoms with E-state index < -0.39 is 23.2 Å². The van der Waals surface area contributed by atoms with Crippen molar-refractivity contribution in [2.75, 3.05) is 16.8 Å². The van der Waals surface area contributed by atoms with Crippen LogP contribution in [-0.2, 0) is 0 Å². The number of carbonyl (C=O) groups excluding carboxylic acids is 1. The number of benzene rings is 2. The predicted octanol–water partition coefficient (Wildman–Crippen LogP) is 5.09. The molecule has 1 saturated heterocycles. The number of para-hydroxylation sites is 1. The van der Waals surface area contributed by atoms with Crippen molar-refractivity contribution >= 4 is 35.1 Å². The van der Waals surface area contributed by atoms with Gasteiger partial charge < -0.3 is 5.32 Å². The van der Waals surface area contributed by atoms with Gasteiger partial charge in [0.25, 0.3) is 5.91 Å². The molecule has 0 bridgehead atoms. The van der Waals surface area contributed by atoms with Crippen LogP contribution in [0.3, 0.4) is 0 Å². The van der Waals surface area contributed by atoms with Gasteiger partial charge in [-0.25, -0.2) is 8.78 Å². The van der Waals surface area contributed by atoms with Crippen molar-refractivity contribution in [2.45, 2.75) is 11.0 Å². The molecule has 0 atom stereocenters. The first-order chi connectivity index (χ1) is 11.1. The molecular weight excluding hydrogens is 336 g/mol. The summed E-state index contributed by atoms with van der Waals surface area (Å²) in [5.74, 6) is 0.193. The first kappa shape index (κ1) is 16.3. The smallest absolute Gasteiger partial charge is 0.255 e. The molecule has 0 radical (unpaired) electrons. The lowest BCUT2D eigenvalue weighted by molar-refractivity contribution is 0.102. The van der Waals surface area contributed by atoms with Gasteiger partial charge in [0.05, 0.1) is 4.58 Å². The lowest BCUT2D eigenvalue weighted by Gasteiger charge is -2.21. The molecule has 1 N–H and O–H groups in total. The summed E-state index contributed by atoms with van der Waals surface area (Å²) in [4.78, 5) is 12.2. The van der Waals surface area contributed by atoms with Gasteiger partial charge in [-0.3, -0.25) is 4.79 Å². The van der Waals surface area contributed by atoms with Crippen molar-refractivity contribution in [3.05, 3.63) is 65.2 Å². The van der Waals surface area contributed by atoms with Gasteiger partial charge in [-0.05, 0) is 47.8 Å². The van der Waals surface area contributed by atoms with E-state index >= 15 is 0 Å². The highest BCUT2D eigenvalue weighted by Gasteiger charge is 2.18. The van der Waals surface area contributed by atoms with E-state index in [-0.39, 0.29) is 0 Å². The van der Waals surface area contributed by atoms with Gasteiger partial charge >= 0.3 is 0 Å². The predicted molar refractivity (Wildman–Crippen MR) is 93.0 cm³/mol. The number of hydrogen-bond acceptors (Lipinski definition) is 3. The molecule has 2 nitrogen and oxygen atoms in total. The lowest BCUT2D eigenvalue weighted by Crippen LogP contribution is -2.14. The minimum atomic E-state index is -0.787. The van der Waals surface area contributed by atoms with Gasteiger partial charge in [-0.15, -0.1) is 23.5 Å². The van der Waals surface area contributed by atoms with E-state index in [9.17, 15) is 13.6 Å². The van der Waals surface area contributed by atoms with E-state index in [2.05, 4.69) is 5.32 Å². The van der Waals surface area contributed by atoms with Gasteiger partial charge in [-0.2, -0.15) is 0 Å². The number of thioether (sulfide) groups is 2. The molecule has 0 spiro atoms. The van der Waals surface area contributed by atoms with Crippen LogP contribution < -0.4 is 5.32 Å². The summed E-state index contributed by atoms with van der Waals surface area (Å²) in [6, 6.07) is 10.7. The average Bonchev–Trinajstić information content (AvgIpc) is 2.59. The van der Waals surface area contributed by atoms with Crippen LogP contribution in [0.4, 0.5) is 14.5 Å². The van der Waals surface area contributed by atoms with Gasteiger partial charge in [0.1, 0.15) is 17.3 Å². The summed E-state index contributed by atoms with van der Waals surface area (Å²) in [5.41, 5.74) is 1.12. The number of amides is 1. The molecule has 120 valence electrons. The first-order valence-corrected chi connectivity index (χ1v) is 9.33. The molecule has 3 rings (SSSR count). The Morgan fingerprint density at radius 1 is 1.00 bits per heavy atom. The second-order valence-corrected chi connectivity index (χ2v) is 7.82. The van der Waals surface area contributed by atoms with Crippen LogP contribution in [0.2, 0.25) is 0 Å². The summed E-state index contributed by atoms with van der Waals surface area (Å²) >= 11 is 3.80. The molecule has 1 aliphatic heterocycles. The summed E-state index contributed by atoms with van der Waals surface area (Å²) in [7, 11) is 0. The van der Waals surface area contributed by atoms with Crippen LogP contribution in [0, 0.1) is 11.6 Å². The number of rotatable bonds is 3. The van der Waals surface area contributed by atoms with Crippen LogP contribution >= 0.6 is 23.5 Å². The highest BCUT2D eigenvalue weighted by atomic mass is 32.2. The van der Waals surface area contributed by atoms with E-state index in [1.165, 1.54) is 12.5 Å². The molecule has 1 amide bonds. The molecule has 2 aromatic carbocycles. The highest BCUT2D eigenvalue weighted by Crippen LogP contribution is 2.43. The third-order valence-corrected chi connectivity index (χ3v) is 6.49. The number of anilines is 1. The number of halogens is 2. The van der Waals surface area contributed by atoms with E-state index in [4.69, 9.17) is 0 Å². The highest BCUT2D eigenvalue weighted by molar-refractivity contribution is 8.16. The van der Waals surface area contributed by atoms with E-state index in [1.807, 2.05) is 35.7 Å². The largest absolute Gasteiger partial charge is 0.317 e. The Balaban J connectivity index is 1.72. The SMILES string of the molecule is O=C(Nc1c(F)cccc1F)c1ccc(C2SCCCS2)cc1. The Labute approximate surface area is 142 Å². The van der Waals surface area contributed by atoms with Crippen LogP contribution in [0.25, 0.3) is 0 Å². The molecular formula is C17H15F2NOS2. The second kappa shape index (κ2) is 7.36. The molecule has 23 heavy (non-hydrogen) atoms. The summed E-state index contributed by atoms with van der Waals surface area (Å²) in [6.45, 7) is 0. The monoisotopic (exact) mass is 351 g/mol. The standard InChI is InChI=1S/C17H15F2NOS2/c18-13-3-1-4-14(19)15(13)20-16(21)11-5-7-12(8-6-11)17-22-9-2-10-23-17/h1,3-8,17H,2,9-10H2,(H,20,21). The molecule has 0 aliphatic carbocycles. The first-order valence-electron chi connectivity index (χ1n) is 7.23. The molecule has 0 unspecified atom stereocenters. The normalized spacial score (nSPS) is 15.4. The molecule has 0 saturated carbocycles. The van der Waals surface area contributed by atoms with Crippen LogP contribution in [-0.4, -0.2) is 17.4 Å². The van der Waals surface area contributed by atoms with E-state index in [0.29, 0.717) is 10.1 Å². The number of hydrogen-bond donors (Lipinski definition) is 1. The topological polar surface area (TPSA) is 29.1 Å². The fraction of sp³-hybridized carbons (Fsp3) is 0.235. The molecule has 0 aromatic heterocycles. The van der Waals surface area contributed by atoms with Crippen molar-refractivity contribution in [1.82, 2.24) is 0 Å². The zero-order chi connectivity index (χ0) is 16.2. The van der Waals surface area contributed by atoms with E-state index in [1.54, 1.807) is 12.1 Å². The minimum absolute atomic E-state index is 0.377. The van der Waals surface area contributed by atoms with Crippen molar-refractivity contribution in [2.24, 2.45) is 0 Å². The zero-order valence-corrected chi connectivity index (χ0v) is 13.9. The Kier molecular flexibility index (Phi) is 5.23. The third-order valence-electron chi connectivity index (χ3n) is 3.47. The molecule has 1 aliphatic rings. The minimum Gasteiger partial charge on any atom is -0.317 e. The lowest BCUT2D eigenvalue weighted by atomic mass is 10.1. The summed E-state index contributed by atoms with van der Waals surface area (Å²) in [6.07, 6.45) is 1.22. The maximum absolute atomic E-state index is 13.6. The second-order valence-electron chi connectivity index (χ2n) is 5.10.